The van der Waals surface area contributed by atoms with Gasteiger partial charge in [-0.1, -0.05) is 6.07 Å². The zero-order valence-electron chi connectivity index (χ0n) is 12.6. The van der Waals surface area contributed by atoms with Gasteiger partial charge in [0.2, 0.25) is 0 Å². The number of aryl methyl sites for hydroxylation is 2. The molecule has 0 saturated heterocycles. The minimum atomic E-state index is -3.87. The molecule has 2 aromatic rings. The third-order valence-corrected chi connectivity index (χ3v) is 4.53. The van der Waals surface area contributed by atoms with Crippen molar-refractivity contribution in [3.63, 3.8) is 0 Å². The van der Waals surface area contributed by atoms with E-state index in [1.54, 1.807) is 13.8 Å². The molecule has 0 saturated carbocycles. The van der Waals surface area contributed by atoms with E-state index in [4.69, 9.17) is 0 Å². The minimum Gasteiger partial charge on any atom is -0.322 e. The molecule has 0 unspecified atom stereocenters. The summed E-state index contributed by atoms with van der Waals surface area (Å²) in [5.41, 5.74) is 1.61. The molecule has 0 aromatic heterocycles. The molecule has 0 heterocycles. The summed E-state index contributed by atoms with van der Waals surface area (Å²) < 4.78 is 39.8. The van der Waals surface area contributed by atoms with Crippen molar-refractivity contribution in [1.82, 2.24) is 0 Å². The van der Waals surface area contributed by atoms with Gasteiger partial charge in [0.1, 0.15) is 5.82 Å². The van der Waals surface area contributed by atoms with Gasteiger partial charge in [-0.05, 0) is 55.3 Å². The highest BCUT2D eigenvalue weighted by atomic mass is 32.2. The summed E-state index contributed by atoms with van der Waals surface area (Å²) in [7, 11) is -3.87. The number of anilines is 1. The van der Waals surface area contributed by atoms with Crippen molar-refractivity contribution in [2.24, 2.45) is 4.40 Å². The maximum atomic E-state index is 13.3. The van der Waals surface area contributed by atoms with Gasteiger partial charge in [0.15, 0.2) is 0 Å². The molecule has 7 heteroatoms. The van der Waals surface area contributed by atoms with E-state index in [0.29, 0.717) is 16.8 Å². The molecule has 0 radical (unpaired) electrons. The molecule has 0 aliphatic rings. The number of nitrogens with one attached hydrogen (secondary N) is 1. The normalized spacial score (nSPS) is 11.1. The van der Waals surface area contributed by atoms with E-state index in [1.165, 1.54) is 36.4 Å². The Morgan fingerprint density at radius 3 is 2.43 bits per heavy atom. The number of hydrogen-bond acceptors (Lipinski definition) is 3. The smallest absolute Gasteiger partial charge is 0.281 e. The Labute approximate surface area is 133 Å². The first-order valence-corrected chi connectivity index (χ1v) is 8.10. The van der Waals surface area contributed by atoms with E-state index in [0.717, 1.165) is 0 Å². The molecule has 0 aliphatic heterocycles. The van der Waals surface area contributed by atoms with Crippen LogP contribution in [0.3, 0.4) is 0 Å². The van der Waals surface area contributed by atoms with Crippen molar-refractivity contribution < 1.29 is 17.6 Å². The van der Waals surface area contributed by atoms with E-state index in [1.807, 2.05) is 0 Å². The van der Waals surface area contributed by atoms with Crippen LogP contribution in [-0.4, -0.2) is 21.0 Å². The molecule has 0 atom stereocenters. The molecular weight excluding hydrogens is 319 g/mol. The van der Waals surface area contributed by atoms with Crippen LogP contribution in [0.1, 0.15) is 21.5 Å². The summed E-state index contributed by atoms with van der Waals surface area (Å²) >= 11 is 0. The van der Waals surface area contributed by atoms with Gasteiger partial charge < -0.3 is 5.32 Å². The number of amides is 1. The van der Waals surface area contributed by atoms with Gasteiger partial charge in [-0.2, -0.15) is 12.8 Å². The highest BCUT2D eigenvalue weighted by Gasteiger charge is 2.16. The van der Waals surface area contributed by atoms with Crippen molar-refractivity contribution in [1.29, 1.82) is 0 Å². The number of nitrogens with zero attached hydrogens (tertiary/aromatic N) is 1. The summed E-state index contributed by atoms with van der Waals surface area (Å²) in [5, 5.41) is 2.62. The largest absolute Gasteiger partial charge is 0.322 e. The Kier molecular flexibility index (Phi) is 4.60. The fourth-order valence-electron chi connectivity index (χ4n) is 2.00. The fraction of sp³-hybridized carbons (Fsp3) is 0.125. The first-order chi connectivity index (χ1) is 10.7. The van der Waals surface area contributed by atoms with Crippen LogP contribution in [0.25, 0.3) is 0 Å². The van der Waals surface area contributed by atoms with Crippen LogP contribution in [0.4, 0.5) is 10.1 Å². The van der Waals surface area contributed by atoms with E-state index in [2.05, 4.69) is 16.4 Å². The molecule has 2 rings (SSSR count). The van der Waals surface area contributed by atoms with Crippen molar-refractivity contribution >= 4 is 28.3 Å². The van der Waals surface area contributed by atoms with Crippen molar-refractivity contribution in [3.8, 4) is 0 Å². The topological polar surface area (TPSA) is 75.6 Å². The Bertz CT molecular complexity index is 892. The molecule has 0 aliphatic carbocycles. The average molecular weight is 334 g/mol. The average Bonchev–Trinajstić information content (AvgIpc) is 2.51. The summed E-state index contributed by atoms with van der Waals surface area (Å²) in [5.74, 6) is -0.862. The predicted molar refractivity (Wildman–Crippen MR) is 87.0 cm³/mol. The first kappa shape index (κ1) is 16.8. The second kappa shape index (κ2) is 6.29. The zero-order valence-corrected chi connectivity index (χ0v) is 13.4. The SMILES string of the molecule is C=NS(=O)(=O)c1ccc(C)c(C(=O)Nc2ccc(F)c(C)c2)c1. The maximum absolute atomic E-state index is 13.3. The van der Waals surface area contributed by atoms with Crippen molar-refractivity contribution in [2.75, 3.05) is 5.32 Å². The molecule has 120 valence electrons. The third kappa shape index (κ3) is 3.62. The van der Waals surface area contributed by atoms with Crippen LogP contribution in [0.5, 0.6) is 0 Å². The summed E-state index contributed by atoms with van der Waals surface area (Å²) in [6.07, 6.45) is 0. The van der Waals surface area contributed by atoms with Gasteiger partial charge in [0.25, 0.3) is 15.9 Å². The summed E-state index contributed by atoms with van der Waals surface area (Å²) in [6, 6.07) is 8.29. The molecule has 23 heavy (non-hydrogen) atoms. The lowest BCUT2D eigenvalue weighted by molar-refractivity contribution is 0.102. The number of sulfonamides is 1. The van der Waals surface area contributed by atoms with Crippen LogP contribution in [0.15, 0.2) is 45.7 Å². The van der Waals surface area contributed by atoms with Crippen LogP contribution >= 0.6 is 0 Å². The number of rotatable bonds is 4. The highest BCUT2D eigenvalue weighted by Crippen LogP contribution is 2.20. The predicted octanol–water partition coefficient (Wildman–Crippen LogP) is 3.08. The first-order valence-electron chi connectivity index (χ1n) is 6.66. The molecule has 0 fully saturated rings. The highest BCUT2D eigenvalue weighted by molar-refractivity contribution is 7.90. The standard InChI is InChI=1S/C16H15FN2O3S/c1-10-4-6-13(23(21,22)18-3)9-14(10)16(20)19-12-5-7-15(17)11(2)8-12/h4-9H,3H2,1-2H3,(H,19,20). The number of halogens is 1. The molecule has 1 amide bonds. The van der Waals surface area contributed by atoms with Gasteiger partial charge in [-0.3, -0.25) is 4.79 Å². The second-order valence-corrected chi connectivity index (χ2v) is 6.68. The van der Waals surface area contributed by atoms with E-state index in [9.17, 15) is 17.6 Å². The molecule has 2 aromatic carbocycles. The molecule has 1 N–H and O–H groups in total. The Morgan fingerprint density at radius 2 is 1.83 bits per heavy atom. The quantitative estimate of drug-likeness (QED) is 0.873. The molecule has 5 nitrogen and oxygen atoms in total. The van der Waals surface area contributed by atoms with Gasteiger partial charge in [-0.25, -0.2) is 4.39 Å². The van der Waals surface area contributed by atoms with Gasteiger partial charge in [0, 0.05) is 18.0 Å². The van der Waals surface area contributed by atoms with Crippen LogP contribution in [0, 0.1) is 19.7 Å². The Morgan fingerprint density at radius 1 is 1.13 bits per heavy atom. The summed E-state index contributed by atoms with van der Waals surface area (Å²) in [6.45, 7) is 6.28. The number of carbonyl (C=O) groups excluding carboxylic acids is 1. The third-order valence-electron chi connectivity index (χ3n) is 3.34. The molecular formula is C16H15FN2O3S. The monoisotopic (exact) mass is 334 g/mol. The Hall–Kier alpha value is -2.54. The number of benzene rings is 2. The minimum absolute atomic E-state index is 0.112. The molecule has 0 bridgehead atoms. The van der Waals surface area contributed by atoms with Gasteiger partial charge >= 0.3 is 0 Å². The van der Waals surface area contributed by atoms with Crippen LogP contribution in [-0.2, 0) is 10.0 Å². The maximum Gasteiger partial charge on any atom is 0.281 e. The summed E-state index contributed by atoms with van der Waals surface area (Å²) in [4.78, 5) is 12.2. The van der Waals surface area contributed by atoms with E-state index in [-0.39, 0.29) is 16.3 Å². The van der Waals surface area contributed by atoms with Crippen molar-refractivity contribution in [3.05, 3.63) is 58.9 Å². The van der Waals surface area contributed by atoms with Crippen LogP contribution in [0.2, 0.25) is 0 Å². The van der Waals surface area contributed by atoms with Crippen LogP contribution < -0.4 is 5.32 Å². The second-order valence-electron chi connectivity index (χ2n) is 5.00. The van der Waals surface area contributed by atoms with Gasteiger partial charge in [0.05, 0.1) is 4.90 Å². The zero-order chi connectivity index (χ0) is 17.2. The number of hydrogen-bond donors (Lipinski definition) is 1. The van der Waals surface area contributed by atoms with Crippen molar-refractivity contribution in [2.45, 2.75) is 18.7 Å². The number of carbonyl (C=O) groups is 1. The molecule has 0 spiro atoms. The van der Waals surface area contributed by atoms with E-state index < -0.39 is 15.9 Å². The lowest BCUT2D eigenvalue weighted by Gasteiger charge is -2.10. The lowest BCUT2D eigenvalue weighted by Crippen LogP contribution is -2.14. The van der Waals surface area contributed by atoms with E-state index >= 15 is 0 Å². The fourth-order valence-corrected chi connectivity index (χ4v) is 2.66. The Balaban J connectivity index is 2.37. The van der Waals surface area contributed by atoms with Gasteiger partial charge in [-0.15, -0.1) is 0 Å². The lowest BCUT2D eigenvalue weighted by atomic mass is 10.1.